The largest absolute Gasteiger partial charge is 0.478 e. The first-order valence-corrected chi connectivity index (χ1v) is 6.01. The number of nitrogens with zero attached hydrogens (tertiary/aromatic N) is 1. The van der Waals surface area contributed by atoms with Crippen molar-refractivity contribution >= 4 is 11.8 Å². The van der Waals surface area contributed by atoms with Crippen LogP contribution in [0.25, 0.3) is 0 Å². The highest BCUT2D eigenvalue weighted by molar-refractivity contribution is 5.89. The van der Waals surface area contributed by atoms with E-state index in [9.17, 15) is 4.79 Å². The fourth-order valence-corrected chi connectivity index (χ4v) is 1.85. The number of aryl methyl sites for hydroxylation is 2. The number of aromatic nitrogens is 1. The molecule has 0 spiro atoms. The van der Waals surface area contributed by atoms with Gasteiger partial charge in [0.2, 0.25) is 0 Å². The standard InChI is InChI=1S/C14H16N2O3/c1-8-4-6-12(19-8)10(3)16-13-7-5-11(14(17)18)9(2)15-13/h4-7,10H,1-3H3,(H,15,16)(H,17,18). The Kier molecular flexibility index (Phi) is 3.55. The second-order valence-corrected chi connectivity index (χ2v) is 4.45. The Labute approximate surface area is 111 Å². The Bertz CT molecular complexity index is 604. The van der Waals surface area contributed by atoms with Crippen LogP contribution in [-0.4, -0.2) is 16.1 Å². The van der Waals surface area contributed by atoms with Gasteiger partial charge in [0, 0.05) is 0 Å². The van der Waals surface area contributed by atoms with Crippen LogP contribution in [0, 0.1) is 13.8 Å². The fraction of sp³-hybridized carbons (Fsp3) is 0.286. The van der Waals surface area contributed by atoms with Gasteiger partial charge < -0.3 is 14.8 Å². The molecule has 0 aliphatic rings. The number of aromatic carboxylic acids is 1. The van der Waals surface area contributed by atoms with Gasteiger partial charge in [-0.05, 0) is 45.0 Å². The zero-order valence-electron chi connectivity index (χ0n) is 11.1. The number of anilines is 1. The molecule has 5 heteroatoms. The van der Waals surface area contributed by atoms with Crippen LogP contribution in [0.3, 0.4) is 0 Å². The first-order chi connectivity index (χ1) is 8.97. The van der Waals surface area contributed by atoms with Crippen molar-refractivity contribution in [3.8, 4) is 0 Å². The van der Waals surface area contributed by atoms with Gasteiger partial charge in [-0.1, -0.05) is 0 Å². The third-order valence-corrected chi connectivity index (χ3v) is 2.87. The zero-order chi connectivity index (χ0) is 14.0. The lowest BCUT2D eigenvalue weighted by Crippen LogP contribution is -2.09. The highest BCUT2D eigenvalue weighted by Gasteiger charge is 2.12. The molecule has 2 aromatic heterocycles. The minimum Gasteiger partial charge on any atom is -0.478 e. The number of hydrogen-bond donors (Lipinski definition) is 2. The van der Waals surface area contributed by atoms with Gasteiger partial charge in [-0.2, -0.15) is 0 Å². The SMILES string of the molecule is Cc1ccc(C(C)Nc2ccc(C(=O)O)c(C)n2)o1. The van der Waals surface area contributed by atoms with Gasteiger partial charge in [-0.25, -0.2) is 9.78 Å². The van der Waals surface area contributed by atoms with E-state index in [0.717, 1.165) is 11.5 Å². The average molecular weight is 260 g/mol. The number of carboxylic acids is 1. The summed E-state index contributed by atoms with van der Waals surface area (Å²) < 4.78 is 5.53. The maximum atomic E-state index is 10.9. The van der Waals surface area contributed by atoms with E-state index in [-0.39, 0.29) is 11.6 Å². The molecule has 0 amide bonds. The molecule has 2 rings (SSSR count). The van der Waals surface area contributed by atoms with Crippen LogP contribution in [0.1, 0.15) is 40.5 Å². The Hall–Kier alpha value is -2.30. The van der Waals surface area contributed by atoms with E-state index in [1.54, 1.807) is 19.1 Å². The summed E-state index contributed by atoms with van der Waals surface area (Å²) in [6.45, 7) is 5.52. The van der Waals surface area contributed by atoms with E-state index in [2.05, 4.69) is 10.3 Å². The van der Waals surface area contributed by atoms with Crippen molar-refractivity contribution in [1.29, 1.82) is 0 Å². The summed E-state index contributed by atoms with van der Waals surface area (Å²) in [5.74, 6) is 1.34. The van der Waals surface area contributed by atoms with Gasteiger partial charge in [0.25, 0.3) is 0 Å². The molecule has 2 N–H and O–H groups in total. The first kappa shape index (κ1) is 13.1. The molecule has 100 valence electrons. The van der Waals surface area contributed by atoms with Crippen molar-refractivity contribution in [2.45, 2.75) is 26.8 Å². The van der Waals surface area contributed by atoms with Crippen molar-refractivity contribution in [3.63, 3.8) is 0 Å². The molecule has 0 saturated carbocycles. The summed E-state index contributed by atoms with van der Waals surface area (Å²) in [4.78, 5) is 15.1. The maximum Gasteiger partial charge on any atom is 0.337 e. The van der Waals surface area contributed by atoms with E-state index in [4.69, 9.17) is 9.52 Å². The molecule has 5 nitrogen and oxygen atoms in total. The second-order valence-electron chi connectivity index (χ2n) is 4.45. The summed E-state index contributed by atoms with van der Waals surface area (Å²) >= 11 is 0. The maximum absolute atomic E-state index is 10.9. The van der Waals surface area contributed by atoms with Crippen LogP contribution < -0.4 is 5.32 Å². The van der Waals surface area contributed by atoms with Gasteiger partial charge in [0.15, 0.2) is 0 Å². The lowest BCUT2D eigenvalue weighted by atomic mass is 10.2. The van der Waals surface area contributed by atoms with E-state index in [0.29, 0.717) is 11.5 Å². The quantitative estimate of drug-likeness (QED) is 0.883. The zero-order valence-corrected chi connectivity index (χ0v) is 11.1. The second kappa shape index (κ2) is 5.14. The molecule has 2 heterocycles. The molecule has 0 radical (unpaired) electrons. The van der Waals surface area contributed by atoms with Crippen LogP contribution in [-0.2, 0) is 0 Å². The van der Waals surface area contributed by atoms with Gasteiger partial charge in [0.1, 0.15) is 17.3 Å². The van der Waals surface area contributed by atoms with Crippen molar-refractivity contribution in [2.24, 2.45) is 0 Å². The van der Waals surface area contributed by atoms with E-state index < -0.39 is 5.97 Å². The van der Waals surface area contributed by atoms with Gasteiger partial charge in [0.05, 0.1) is 17.3 Å². The lowest BCUT2D eigenvalue weighted by molar-refractivity contribution is 0.0695. The van der Waals surface area contributed by atoms with Crippen molar-refractivity contribution in [2.75, 3.05) is 5.32 Å². The van der Waals surface area contributed by atoms with E-state index in [1.165, 1.54) is 0 Å². The van der Waals surface area contributed by atoms with Gasteiger partial charge in [-0.3, -0.25) is 0 Å². The van der Waals surface area contributed by atoms with Gasteiger partial charge in [-0.15, -0.1) is 0 Å². The van der Waals surface area contributed by atoms with Crippen molar-refractivity contribution < 1.29 is 14.3 Å². The van der Waals surface area contributed by atoms with E-state index in [1.807, 2.05) is 26.0 Å². The first-order valence-electron chi connectivity index (χ1n) is 6.01. The fourth-order valence-electron chi connectivity index (χ4n) is 1.85. The number of rotatable bonds is 4. The average Bonchev–Trinajstić information content (AvgIpc) is 2.75. The molecule has 0 aliphatic heterocycles. The van der Waals surface area contributed by atoms with Crippen LogP contribution in [0.15, 0.2) is 28.7 Å². The van der Waals surface area contributed by atoms with Crippen LogP contribution in [0.4, 0.5) is 5.82 Å². The molecular formula is C14H16N2O3. The van der Waals surface area contributed by atoms with Crippen LogP contribution >= 0.6 is 0 Å². The molecule has 0 bridgehead atoms. The molecule has 0 aliphatic carbocycles. The molecule has 1 atom stereocenters. The minimum atomic E-state index is -0.966. The van der Waals surface area contributed by atoms with Crippen molar-refractivity contribution in [1.82, 2.24) is 4.98 Å². The van der Waals surface area contributed by atoms with Crippen LogP contribution in [0.5, 0.6) is 0 Å². The van der Waals surface area contributed by atoms with E-state index >= 15 is 0 Å². The molecule has 0 saturated heterocycles. The number of pyridine rings is 1. The number of carboxylic acid groups (broad SMARTS) is 1. The van der Waals surface area contributed by atoms with Gasteiger partial charge >= 0.3 is 5.97 Å². The number of carbonyl (C=O) groups is 1. The number of hydrogen-bond acceptors (Lipinski definition) is 4. The highest BCUT2D eigenvalue weighted by Crippen LogP contribution is 2.20. The third kappa shape index (κ3) is 2.93. The number of furan rings is 1. The topological polar surface area (TPSA) is 75.4 Å². The smallest absolute Gasteiger partial charge is 0.337 e. The summed E-state index contributed by atoms with van der Waals surface area (Å²) in [6, 6.07) is 6.98. The molecule has 19 heavy (non-hydrogen) atoms. The normalized spacial score (nSPS) is 12.2. The Morgan fingerprint density at radius 1 is 1.32 bits per heavy atom. The Morgan fingerprint density at radius 2 is 2.05 bits per heavy atom. The monoisotopic (exact) mass is 260 g/mol. The highest BCUT2D eigenvalue weighted by atomic mass is 16.4. The predicted molar refractivity (Wildman–Crippen MR) is 71.4 cm³/mol. The lowest BCUT2D eigenvalue weighted by Gasteiger charge is -2.13. The summed E-state index contributed by atoms with van der Waals surface area (Å²) in [7, 11) is 0. The van der Waals surface area contributed by atoms with Crippen molar-refractivity contribution in [3.05, 3.63) is 47.0 Å². The molecular weight excluding hydrogens is 244 g/mol. The third-order valence-electron chi connectivity index (χ3n) is 2.87. The molecule has 0 fully saturated rings. The predicted octanol–water partition coefficient (Wildman–Crippen LogP) is 3.16. The molecule has 0 aromatic carbocycles. The molecule has 1 unspecified atom stereocenters. The minimum absolute atomic E-state index is 0.0312. The van der Waals surface area contributed by atoms with Crippen LogP contribution in [0.2, 0.25) is 0 Å². The summed E-state index contributed by atoms with van der Waals surface area (Å²) in [5.41, 5.74) is 0.701. The summed E-state index contributed by atoms with van der Waals surface area (Å²) in [6.07, 6.45) is 0. The Morgan fingerprint density at radius 3 is 2.58 bits per heavy atom. The number of nitrogens with one attached hydrogen (secondary N) is 1. The molecule has 2 aromatic rings. The summed E-state index contributed by atoms with van der Waals surface area (Å²) in [5, 5.41) is 12.1. The Balaban J connectivity index is 2.15.